The highest BCUT2D eigenvalue weighted by molar-refractivity contribution is 6.05. The van der Waals surface area contributed by atoms with Crippen LogP contribution in [0.1, 0.15) is 10.4 Å². The van der Waals surface area contributed by atoms with Crippen LogP contribution >= 0.6 is 0 Å². The number of aromatic carboxylic acids is 1. The summed E-state index contributed by atoms with van der Waals surface area (Å²) in [6.07, 6.45) is 0. The highest BCUT2D eigenvalue weighted by Gasteiger charge is 2.19. The van der Waals surface area contributed by atoms with Gasteiger partial charge in [0.2, 0.25) is 5.75 Å². The number of nitrogen functional groups attached to an aromatic ring is 1. The molecule has 0 bridgehead atoms. The van der Waals surface area contributed by atoms with Crippen molar-refractivity contribution in [3.8, 4) is 11.7 Å². The van der Waals surface area contributed by atoms with Crippen LogP contribution in [0.3, 0.4) is 0 Å². The normalized spacial score (nSPS) is 10.7. The van der Waals surface area contributed by atoms with E-state index in [9.17, 15) is 9.90 Å². The monoisotopic (exact) mass is 209 g/mol. The third kappa shape index (κ3) is 1.23. The minimum absolute atomic E-state index is 0.0740. The number of anilines is 1. The van der Waals surface area contributed by atoms with E-state index in [4.69, 9.17) is 20.4 Å². The molecule has 0 amide bonds. The van der Waals surface area contributed by atoms with Crippen LogP contribution in [0.25, 0.3) is 11.0 Å². The Morgan fingerprint density at radius 2 is 2.00 bits per heavy atom. The van der Waals surface area contributed by atoms with Gasteiger partial charge in [-0.15, -0.1) is 0 Å². The third-order valence-electron chi connectivity index (χ3n) is 2.00. The van der Waals surface area contributed by atoms with Gasteiger partial charge in [-0.05, 0) is 12.1 Å². The number of rotatable bonds is 1. The second-order valence-electron chi connectivity index (χ2n) is 3.01. The van der Waals surface area contributed by atoms with Crippen molar-refractivity contribution in [1.82, 2.24) is 0 Å². The molecular formula is C9H7NO5. The summed E-state index contributed by atoms with van der Waals surface area (Å²) in [4.78, 5) is 10.8. The van der Waals surface area contributed by atoms with Crippen molar-refractivity contribution in [3.05, 3.63) is 17.7 Å². The number of hydrogen-bond donors (Lipinski definition) is 4. The summed E-state index contributed by atoms with van der Waals surface area (Å²) < 4.78 is 4.72. The zero-order valence-corrected chi connectivity index (χ0v) is 7.39. The molecule has 2 aromatic rings. The Bertz CT molecular complexity index is 557. The lowest BCUT2D eigenvalue weighted by Gasteiger charge is -1.97. The van der Waals surface area contributed by atoms with Gasteiger partial charge in [0.1, 0.15) is 5.56 Å². The Kier molecular flexibility index (Phi) is 1.72. The van der Waals surface area contributed by atoms with E-state index in [2.05, 4.69) is 0 Å². The van der Waals surface area contributed by atoms with Gasteiger partial charge in [0.25, 0.3) is 0 Å². The molecule has 0 spiro atoms. The molecule has 0 radical (unpaired) electrons. The summed E-state index contributed by atoms with van der Waals surface area (Å²) >= 11 is 0. The van der Waals surface area contributed by atoms with E-state index in [1.807, 2.05) is 0 Å². The number of nitrogens with two attached hydrogens (primary N) is 1. The fourth-order valence-corrected chi connectivity index (χ4v) is 1.36. The Morgan fingerprint density at radius 3 is 2.60 bits per heavy atom. The zero-order valence-electron chi connectivity index (χ0n) is 7.39. The number of carboxylic acids is 1. The highest BCUT2D eigenvalue weighted by Crippen LogP contribution is 2.39. The fourth-order valence-electron chi connectivity index (χ4n) is 1.36. The molecule has 1 aromatic carbocycles. The predicted molar refractivity (Wildman–Crippen MR) is 50.9 cm³/mol. The molecule has 1 aromatic heterocycles. The van der Waals surface area contributed by atoms with Crippen molar-refractivity contribution in [3.63, 3.8) is 0 Å². The van der Waals surface area contributed by atoms with Crippen LogP contribution in [0.4, 0.5) is 5.69 Å². The van der Waals surface area contributed by atoms with Crippen molar-refractivity contribution in [2.45, 2.75) is 0 Å². The molecule has 0 atom stereocenters. The van der Waals surface area contributed by atoms with E-state index >= 15 is 0 Å². The second-order valence-corrected chi connectivity index (χ2v) is 3.01. The number of benzene rings is 1. The van der Waals surface area contributed by atoms with Gasteiger partial charge < -0.3 is 25.5 Å². The van der Waals surface area contributed by atoms with Crippen LogP contribution in [0.15, 0.2) is 16.5 Å². The van der Waals surface area contributed by atoms with E-state index in [0.717, 1.165) is 0 Å². The summed E-state index contributed by atoms with van der Waals surface area (Å²) in [5.41, 5.74) is 5.29. The molecule has 6 nitrogen and oxygen atoms in total. The van der Waals surface area contributed by atoms with Gasteiger partial charge in [-0.2, -0.15) is 0 Å². The number of furan rings is 1. The lowest BCUT2D eigenvalue weighted by Crippen LogP contribution is -1.98. The number of fused-ring (bicyclic) bond motifs is 1. The van der Waals surface area contributed by atoms with Gasteiger partial charge in [0.15, 0.2) is 5.58 Å². The summed E-state index contributed by atoms with van der Waals surface area (Å²) in [5, 5.41) is 27.3. The standard InChI is InChI=1S/C9H7NO5/c10-3-1-4-6(11)9(14)15-7(4)5(2-3)8(12)13/h1-2,11,14H,10H2,(H,12,13). The molecule has 0 saturated heterocycles. The maximum Gasteiger partial charge on any atom is 0.339 e. The fraction of sp³-hybridized carbons (Fsp3) is 0. The van der Waals surface area contributed by atoms with Crippen molar-refractivity contribution >= 4 is 22.6 Å². The van der Waals surface area contributed by atoms with Gasteiger partial charge in [-0.25, -0.2) is 4.79 Å². The Hall–Kier alpha value is -2.37. The largest absolute Gasteiger partial charge is 0.501 e. The van der Waals surface area contributed by atoms with Crippen molar-refractivity contribution in [1.29, 1.82) is 0 Å². The Balaban J connectivity index is 2.92. The number of hydrogen-bond acceptors (Lipinski definition) is 5. The molecule has 0 fully saturated rings. The molecule has 5 N–H and O–H groups in total. The average molecular weight is 209 g/mol. The lowest BCUT2D eigenvalue weighted by molar-refractivity contribution is 0.0698. The molecule has 0 aliphatic carbocycles. The Morgan fingerprint density at radius 1 is 1.33 bits per heavy atom. The van der Waals surface area contributed by atoms with E-state index in [1.54, 1.807) is 0 Å². The summed E-state index contributed by atoms with van der Waals surface area (Å²) in [6, 6.07) is 2.51. The molecule has 0 aliphatic rings. The molecule has 2 rings (SSSR count). The van der Waals surface area contributed by atoms with Crippen LogP contribution in [-0.4, -0.2) is 21.3 Å². The van der Waals surface area contributed by atoms with Gasteiger partial charge >= 0.3 is 11.9 Å². The Labute approximate surface area is 83.2 Å². The highest BCUT2D eigenvalue weighted by atomic mass is 16.5. The summed E-state index contributed by atoms with van der Waals surface area (Å²) in [7, 11) is 0. The van der Waals surface area contributed by atoms with Gasteiger partial charge in [0.05, 0.1) is 5.39 Å². The second kappa shape index (κ2) is 2.81. The van der Waals surface area contributed by atoms with Crippen LogP contribution < -0.4 is 5.73 Å². The number of carbonyl (C=O) groups is 1. The number of aromatic hydroxyl groups is 2. The maximum atomic E-state index is 10.8. The molecule has 0 aliphatic heterocycles. The lowest BCUT2D eigenvalue weighted by atomic mass is 10.1. The first-order valence-corrected chi connectivity index (χ1v) is 3.98. The first-order valence-electron chi connectivity index (χ1n) is 3.98. The van der Waals surface area contributed by atoms with Gasteiger partial charge in [0, 0.05) is 5.69 Å². The van der Waals surface area contributed by atoms with Crippen LogP contribution in [-0.2, 0) is 0 Å². The number of carboxylic acid groups (broad SMARTS) is 1. The van der Waals surface area contributed by atoms with Gasteiger partial charge in [-0.1, -0.05) is 0 Å². The smallest absolute Gasteiger partial charge is 0.339 e. The maximum absolute atomic E-state index is 10.8. The molecular weight excluding hydrogens is 202 g/mol. The van der Waals surface area contributed by atoms with E-state index in [-0.39, 0.29) is 22.2 Å². The minimum atomic E-state index is -1.25. The predicted octanol–water partition coefficient (Wildman–Crippen LogP) is 1.12. The topological polar surface area (TPSA) is 117 Å². The van der Waals surface area contributed by atoms with Gasteiger partial charge in [-0.3, -0.25) is 0 Å². The SMILES string of the molecule is Nc1cc(C(=O)O)c2oc(O)c(O)c2c1. The quantitative estimate of drug-likeness (QED) is 0.523. The van der Waals surface area contributed by atoms with Crippen molar-refractivity contribution in [2.75, 3.05) is 5.73 Å². The van der Waals surface area contributed by atoms with E-state index < -0.39 is 17.7 Å². The molecule has 0 unspecified atom stereocenters. The molecule has 15 heavy (non-hydrogen) atoms. The van der Waals surface area contributed by atoms with Crippen LogP contribution in [0.2, 0.25) is 0 Å². The van der Waals surface area contributed by atoms with Crippen LogP contribution in [0.5, 0.6) is 11.7 Å². The molecule has 6 heteroatoms. The zero-order chi connectivity index (χ0) is 11.2. The van der Waals surface area contributed by atoms with E-state index in [0.29, 0.717) is 0 Å². The minimum Gasteiger partial charge on any atom is -0.501 e. The molecule has 1 heterocycles. The van der Waals surface area contributed by atoms with Crippen molar-refractivity contribution < 1.29 is 24.5 Å². The van der Waals surface area contributed by atoms with Crippen LogP contribution in [0, 0.1) is 0 Å². The summed E-state index contributed by atoms with van der Waals surface area (Å²) in [6.45, 7) is 0. The summed E-state index contributed by atoms with van der Waals surface area (Å²) in [5.74, 6) is -2.49. The third-order valence-corrected chi connectivity index (χ3v) is 2.00. The molecule has 0 saturated carbocycles. The van der Waals surface area contributed by atoms with Crippen molar-refractivity contribution in [2.24, 2.45) is 0 Å². The average Bonchev–Trinajstić information content (AvgIpc) is 2.43. The first kappa shape index (κ1) is 9.20. The molecule has 78 valence electrons. The van der Waals surface area contributed by atoms with E-state index in [1.165, 1.54) is 12.1 Å². The first-order chi connectivity index (χ1) is 7.00.